The average Bonchev–Trinajstić information content (AvgIpc) is 2.32. The Morgan fingerprint density at radius 2 is 1.89 bits per heavy atom. The first-order chi connectivity index (χ1) is 8.79. The van der Waals surface area contributed by atoms with Crippen LogP contribution >= 0.6 is 0 Å². The molecule has 0 bridgehead atoms. The molecule has 0 heterocycles. The summed E-state index contributed by atoms with van der Waals surface area (Å²) in [5.41, 5.74) is 15.9. The van der Waals surface area contributed by atoms with Crippen molar-refractivity contribution in [1.82, 2.24) is 0 Å². The Kier molecular flexibility index (Phi) is 4.91. The third kappa shape index (κ3) is 3.24. The minimum Gasteiger partial charge on any atom is -0.496 e. The molecular weight excluding hydrogens is 244 g/mol. The first kappa shape index (κ1) is 15.5. The monoisotopic (exact) mass is 266 g/mol. The lowest BCUT2D eigenvalue weighted by Crippen LogP contribution is -2.37. The number of rotatable bonds is 5. The molecule has 0 aliphatic carbocycles. The summed E-state index contributed by atoms with van der Waals surface area (Å²) in [6.45, 7) is 5.83. The van der Waals surface area contributed by atoms with Gasteiger partial charge in [0.1, 0.15) is 5.75 Å². The first-order valence-corrected chi connectivity index (χ1v) is 6.17. The van der Waals surface area contributed by atoms with E-state index >= 15 is 0 Å². The van der Waals surface area contributed by atoms with Gasteiger partial charge >= 0.3 is 5.97 Å². The highest BCUT2D eigenvalue weighted by atomic mass is 16.5. The number of carbonyl (C=O) groups is 1. The summed E-state index contributed by atoms with van der Waals surface area (Å²) in [6.07, 6.45) is -0.148. The summed E-state index contributed by atoms with van der Waals surface area (Å²) < 4.78 is 5.30. The van der Waals surface area contributed by atoms with Crippen LogP contribution in [-0.2, 0) is 4.79 Å². The van der Waals surface area contributed by atoms with Gasteiger partial charge in [0, 0.05) is 12.1 Å². The van der Waals surface area contributed by atoms with Crippen molar-refractivity contribution in [2.45, 2.75) is 39.3 Å². The fraction of sp³-hybridized carbons (Fsp3) is 0.500. The van der Waals surface area contributed by atoms with Crippen LogP contribution in [0, 0.1) is 20.8 Å². The Morgan fingerprint density at radius 1 is 1.32 bits per heavy atom. The zero-order chi connectivity index (χ0) is 14.7. The maximum Gasteiger partial charge on any atom is 0.304 e. The van der Waals surface area contributed by atoms with E-state index in [0.717, 1.165) is 28.0 Å². The van der Waals surface area contributed by atoms with Crippen molar-refractivity contribution in [2.75, 3.05) is 7.11 Å². The normalized spacial score (nSPS) is 14.0. The molecule has 1 aromatic carbocycles. The molecule has 0 spiro atoms. The molecule has 19 heavy (non-hydrogen) atoms. The molecule has 0 saturated heterocycles. The minimum absolute atomic E-state index is 0.148. The van der Waals surface area contributed by atoms with E-state index in [1.54, 1.807) is 7.11 Å². The molecule has 2 unspecified atom stereocenters. The topological polar surface area (TPSA) is 98.6 Å². The minimum atomic E-state index is -0.941. The molecule has 0 amide bonds. The summed E-state index contributed by atoms with van der Waals surface area (Å²) >= 11 is 0. The van der Waals surface area contributed by atoms with Gasteiger partial charge in [0.2, 0.25) is 0 Å². The van der Waals surface area contributed by atoms with E-state index in [0.29, 0.717) is 0 Å². The van der Waals surface area contributed by atoms with Crippen molar-refractivity contribution in [3.05, 3.63) is 28.3 Å². The molecule has 5 N–H and O–H groups in total. The van der Waals surface area contributed by atoms with Gasteiger partial charge in [-0.1, -0.05) is 0 Å². The summed E-state index contributed by atoms with van der Waals surface area (Å²) in [4.78, 5) is 10.7. The number of hydrogen-bond donors (Lipinski definition) is 3. The van der Waals surface area contributed by atoms with Crippen LogP contribution in [0.25, 0.3) is 0 Å². The number of carboxylic acids is 1. The highest BCUT2D eigenvalue weighted by Gasteiger charge is 2.23. The van der Waals surface area contributed by atoms with E-state index in [9.17, 15) is 4.79 Å². The number of aliphatic carboxylic acids is 1. The zero-order valence-electron chi connectivity index (χ0n) is 11.9. The maximum absolute atomic E-state index is 10.7. The van der Waals surface area contributed by atoms with Crippen molar-refractivity contribution in [3.8, 4) is 5.75 Å². The van der Waals surface area contributed by atoms with Gasteiger partial charge in [-0.2, -0.15) is 0 Å². The van der Waals surface area contributed by atoms with Crippen LogP contribution in [0.1, 0.15) is 34.7 Å². The number of ether oxygens (including phenoxy) is 1. The molecule has 2 atom stereocenters. The van der Waals surface area contributed by atoms with E-state index in [1.807, 2.05) is 26.8 Å². The van der Waals surface area contributed by atoms with Gasteiger partial charge in [-0.15, -0.1) is 0 Å². The lowest BCUT2D eigenvalue weighted by molar-refractivity contribution is -0.137. The molecule has 0 radical (unpaired) electrons. The van der Waals surface area contributed by atoms with Crippen molar-refractivity contribution in [2.24, 2.45) is 11.5 Å². The van der Waals surface area contributed by atoms with E-state index in [1.165, 1.54) is 0 Å². The standard InChI is InChI=1S/C14H22N2O3/c1-7-5-11(19-4)8(2)9(3)13(7)14(16)10(15)6-12(17)18/h5,10,14H,6,15-16H2,1-4H3,(H,17,18). The van der Waals surface area contributed by atoms with E-state index in [-0.39, 0.29) is 6.42 Å². The van der Waals surface area contributed by atoms with Crippen molar-refractivity contribution in [1.29, 1.82) is 0 Å². The number of benzene rings is 1. The molecule has 1 aromatic rings. The molecular formula is C14H22N2O3. The fourth-order valence-electron chi connectivity index (χ4n) is 2.33. The molecule has 1 rings (SSSR count). The lowest BCUT2D eigenvalue weighted by atomic mass is 9.88. The lowest BCUT2D eigenvalue weighted by Gasteiger charge is -2.24. The van der Waals surface area contributed by atoms with Crippen LogP contribution in [0.4, 0.5) is 0 Å². The summed E-state index contributed by atoms with van der Waals surface area (Å²) in [5.74, 6) is -0.138. The second-order valence-electron chi connectivity index (χ2n) is 4.85. The number of methoxy groups -OCH3 is 1. The van der Waals surface area contributed by atoms with Crippen LogP contribution in [-0.4, -0.2) is 24.2 Å². The van der Waals surface area contributed by atoms with Gasteiger partial charge in [0.05, 0.1) is 13.5 Å². The average molecular weight is 266 g/mol. The van der Waals surface area contributed by atoms with Crippen LogP contribution in [0.2, 0.25) is 0 Å². The van der Waals surface area contributed by atoms with E-state index in [4.69, 9.17) is 21.3 Å². The second kappa shape index (κ2) is 6.04. The Hall–Kier alpha value is -1.59. The Balaban J connectivity index is 3.20. The maximum atomic E-state index is 10.7. The molecule has 106 valence electrons. The fourth-order valence-corrected chi connectivity index (χ4v) is 2.33. The molecule has 0 saturated carbocycles. The third-order valence-electron chi connectivity index (χ3n) is 3.53. The van der Waals surface area contributed by atoms with E-state index < -0.39 is 18.1 Å². The Bertz CT molecular complexity index is 486. The zero-order valence-corrected chi connectivity index (χ0v) is 11.9. The van der Waals surface area contributed by atoms with Crippen molar-refractivity contribution < 1.29 is 14.6 Å². The number of carboxylic acid groups (broad SMARTS) is 1. The second-order valence-corrected chi connectivity index (χ2v) is 4.85. The van der Waals surface area contributed by atoms with Gasteiger partial charge in [-0.3, -0.25) is 4.79 Å². The molecule has 0 aliphatic rings. The van der Waals surface area contributed by atoms with Crippen molar-refractivity contribution >= 4 is 5.97 Å². The highest BCUT2D eigenvalue weighted by molar-refractivity contribution is 5.67. The van der Waals surface area contributed by atoms with Gasteiger partial charge in [-0.05, 0) is 49.1 Å². The van der Waals surface area contributed by atoms with Gasteiger partial charge in [0.25, 0.3) is 0 Å². The highest BCUT2D eigenvalue weighted by Crippen LogP contribution is 2.31. The molecule has 0 aromatic heterocycles. The van der Waals surface area contributed by atoms with Crippen LogP contribution < -0.4 is 16.2 Å². The molecule has 5 heteroatoms. The Morgan fingerprint density at radius 3 is 2.37 bits per heavy atom. The summed E-state index contributed by atoms with van der Waals surface area (Å²) in [5, 5.41) is 8.80. The smallest absolute Gasteiger partial charge is 0.304 e. The quantitative estimate of drug-likeness (QED) is 0.748. The van der Waals surface area contributed by atoms with Crippen LogP contribution in [0.5, 0.6) is 5.75 Å². The predicted molar refractivity (Wildman–Crippen MR) is 74.4 cm³/mol. The molecule has 5 nitrogen and oxygen atoms in total. The molecule has 0 fully saturated rings. The third-order valence-corrected chi connectivity index (χ3v) is 3.53. The predicted octanol–water partition coefficient (Wildman–Crippen LogP) is 1.42. The van der Waals surface area contributed by atoms with Crippen molar-refractivity contribution in [3.63, 3.8) is 0 Å². The Labute approximate surface area is 113 Å². The van der Waals surface area contributed by atoms with Crippen LogP contribution in [0.15, 0.2) is 6.07 Å². The SMILES string of the molecule is COc1cc(C)c(C(N)C(N)CC(=O)O)c(C)c1C. The van der Waals surface area contributed by atoms with Gasteiger partial charge in [-0.25, -0.2) is 0 Å². The number of aryl methyl sites for hydroxylation is 1. The van der Waals surface area contributed by atoms with Gasteiger partial charge in [0.15, 0.2) is 0 Å². The summed E-state index contributed by atoms with van der Waals surface area (Å²) in [7, 11) is 1.62. The van der Waals surface area contributed by atoms with Gasteiger partial charge < -0.3 is 21.3 Å². The van der Waals surface area contributed by atoms with E-state index in [2.05, 4.69) is 0 Å². The molecule has 0 aliphatic heterocycles. The largest absolute Gasteiger partial charge is 0.496 e. The first-order valence-electron chi connectivity index (χ1n) is 6.17. The number of nitrogens with two attached hydrogens (primary N) is 2. The summed E-state index contributed by atoms with van der Waals surface area (Å²) in [6, 6.07) is 0.800. The van der Waals surface area contributed by atoms with Crippen LogP contribution in [0.3, 0.4) is 0 Å². The number of hydrogen-bond acceptors (Lipinski definition) is 4.